The molecular weight excluding hydrogens is 212 g/mol. The van der Waals surface area contributed by atoms with E-state index >= 15 is 0 Å². The Balaban J connectivity index is 1.82. The maximum absolute atomic E-state index is 9.88. The predicted molar refractivity (Wildman–Crippen MR) is 71.1 cm³/mol. The average molecular weight is 240 g/mol. The number of aliphatic hydroxyl groups is 1. The second-order valence-electron chi connectivity index (χ2n) is 6.43. The second-order valence-corrected chi connectivity index (χ2v) is 6.43. The molecule has 2 unspecified atom stereocenters. The third-order valence-corrected chi connectivity index (χ3v) is 4.96. The molecule has 0 saturated heterocycles. The van der Waals surface area contributed by atoms with E-state index in [9.17, 15) is 5.11 Å². The molecule has 1 N–H and O–H groups in total. The normalized spacial score (nSPS) is 32.1. The van der Waals surface area contributed by atoms with Gasteiger partial charge < -0.3 is 14.9 Å². The Morgan fingerprint density at radius 2 is 1.82 bits per heavy atom. The van der Waals surface area contributed by atoms with Gasteiger partial charge in [0.2, 0.25) is 0 Å². The first-order valence-electron chi connectivity index (χ1n) is 7.07. The van der Waals surface area contributed by atoms with Crippen molar-refractivity contribution in [3.63, 3.8) is 0 Å². The Morgan fingerprint density at radius 1 is 1.12 bits per heavy atom. The van der Waals surface area contributed by atoms with Crippen LogP contribution in [-0.2, 0) is 0 Å². The summed E-state index contributed by atoms with van der Waals surface area (Å²) in [4.78, 5) is 4.84. The first kappa shape index (κ1) is 13.3. The van der Waals surface area contributed by atoms with Crippen LogP contribution in [-0.4, -0.2) is 60.8 Å². The van der Waals surface area contributed by atoms with Crippen molar-refractivity contribution >= 4 is 0 Å². The van der Waals surface area contributed by atoms with Gasteiger partial charge in [-0.25, -0.2) is 0 Å². The minimum absolute atomic E-state index is 0.0471. The van der Waals surface area contributed by atoms with E-state index in [4.69, 9.17) is 0 Å². The summed E-state index contributed by atoms with van der Waals surface area (Å²) >= 11 is 0. The SMILES string of the molecule is CN(CC1CCCC1O)CC1(N(C)C)CCC1. The number of aliphatic hydroxyl groups excluding tert-OH is 1. The zero-order valence-corrected chi connectivity index (χ0v) is 11.7. The number of nitrogens with zero attached hydrogens (tertiary/aromatic N) is 2. The van der Waals surface area contributed by atoms with Crippen LogP contribution in [0.4, 0.5) is 0 Å². The van der Waals surface area contributed by atoms with Gasteiger partial charge in [0.05, 0.1) is 6.10 Å². The third kappa shape index (κ3) is 2.83. The standard InChI is InChI=1S/C14H28N2O/c1-15(2)14(8-5-9-14)11-16(3)10-12-6-4-7-13(12)17/h12-13,17H,4-11H2,1-3H3. The lowest BCUT2D eigenvalue weighted by Crippen LogP contribution is -2.57. The summed E-state index contributed by atoms with van der Waals surface area (Å²) in [6.45, 7) is 2.22. The van der Waals surface area contributed by atoms with Crippen LogP contribution in [0.25, 0.3) is 0 Å². The van der Waals surface area contributed by atoms with E-state index < -0.39 is 0 Å². The van der Waals surface area contributed by atoms with Gasteiger partial charge in [-0.2, -0.15) is 0 Å². The minimum atomic E-state index is -0.0471. The Bertz CT molecular complexity index is 251. The maximum atomic E-state index is 9.88. The first-order chi connectivity index (χ1) is 8.03. The highest BCUT2D eigenvalue weighted by molar-refractivity contribution is 4.98. The summed E-state index contributed by atoms with van der Waals surface area (Å²) < 4.78 is 0. The largest absolute Gasteiger partial charge is 0.393 e. The molecule has 0 aromatic carbocycles. The van der Waals surface area contributed by atoms with Crippen LogP contribution in [0.2, 0.25) is 0 Å². The van der Waals surface area contributed by atoms with E-state index in [1.165, 1.54) is 32.1 Å². The monoisotopic (exact) mass is 240 g/mol. The Hall–Kier alpha value is -0.120. The van der Waals surface area contributed by atoms with Gasteiger partial charge in [-0.3, -0.25) is 0 Å². The van der Waals surface area contributed by atoms with E-state index in [0.717, 1.165) is 19.5 Å². The lowest BCUT2D eigenvalue weighted by atomic mass is 9.75. The average Bonchev–Trinajstić information content (AvgIpc) is 2.58. The van der Waals surface area contributed by atoms with Crippen LogP contribution < -0.4 is 0 Å². The van der Waals surface area contributed by atoms with Gasteiger partial charge >= 0.3 is 0 Å². The van der Waals surface area contributed by atoms with Crippen LogP contribution in [0.1, 0.15) is 38.5 Å². The molecule has 2 rings (SSSR count). The molecule has 0 aliphatic heterocycles. The van der Waals surface area contributed by atoms with Crippen LogP contribution in [0.5, 0.6) is 0 Å². The van der Waals surface area contributed by atoms with Crippen molar-refractivity contribution in [1.82, 2.24) is 9.80 Å². The number of hydrogen-bond acceptors (Lipinski definition) is 3. The molecule has 2 saturated carbocycles. The van der Waals surface area contributed by atoms with E-state index in [0.29, 0.717) is 11.5 Å². The van der Waals surface area contributed by atoms with Crippen molar-refractivity contribution in [2.45, 2.75) is 50.2 Å². The number of likely N-dealkylation sites (N-methyl/N-ethyl adjacent to an activating group) is 2. The molecule has 0 heterocycles. The van der Waals surface area contributed by atoms with Crippen molar-refractivity contribution in [2.75, 3.05) is 34.2 Å². The topological polar surface area (TPSA) is 26.7 Å². The zero-order valence-electron chi connectivity index (χ0n) is 11.7. The zero-order chi connectivity index (χ0) is 12.5. The highest BCUT2D eigenvalue weighted by Crippen LogP contribution is 2.37. The molecule has 2 fully saturated rings. The van der Waals surface area contributed by atoms with E-state index in [-0.39, 0.29) is 6.10 Å². The smallest absolute Gasteiger partial charge is 0.0580 e. The van der Waals surface area contributed by atoms with Crippen molar-refractivity contribution in [2.24, 2.45) is 5.92 Å². The molecule has 17 heavy (non-hydrogen) atoms. The van der Waals surface area contributed by atoms with E-state index in [1.807, 2.05) is 0 Å². The van der Waals surface area contributed by atoms with Gasteiger partial charge in [0.1, 0.15) is 0 Å². The summed E-state index contributed by atoms with van der Waals surface area (Å²) in [6, 6.07) is 0. The van der Waals surface area contributed by atoms with Gasteiger partial charge in [0.25, 0.3) is 0 Å². The summed E-state index contributed by atoms with van der Waals surface area (Å²) in [7, 11) is 6.63. The molecule has 2 aliphatic carbocycles. The Morgan fingerprint density at radius 3 is 2.24 bits per heavy atom. The van der Waals surface area contributed by atoms with E-state index in [2.05, 4.69) is 30.9 Å². The lowest BCUT2D eigenvalue weighted by molar-refractivity contribution is 0.0171. The quantitative estimate of drug-likeness (QED) is 0.790. The molecule has 100 valence electrons. The molecular formula is C14H28N2O. The lowest BCUT2D eigenvalue weighted by Gasteiger charge is -2.49. The van der Waals surface area contributed by atoms with Crippen molar-refractivity contribution < 1.29 is 5.11 Å². The van der Waals surface area contributed by atoms with E-state index in [1.54, 1.807) is 0 Å². The number of hydrogen-bond donors (Lipinski definition) is 1. The highest BCUT2D eigenvalue weighted by atomic mass is 16.3. The van der Waals surface area contributed by atoms with Crippen molar-refractivity contribution in [1.29, 1.82) is 0 Å². The van der Waals surface area contributed by atoms with Gasteiger partial charge in [-0.05, 0) is 59.2 Å². The number of rotatable bonds is 5. The van der Waals surface area contributed by atoms with Gasteiger partial charge in [0.15, 0.2) is 0 Å². The molecule has 3 nitrogen and oxygen atoms in total. The summed E-state index contributed by atoms with van der Waals surface area (Å²) in [6.07, 6.45) is 7.41. The van der Waals surface area contributed by atoms with Gasteiger partial charge in [-0.1, -0.05) is 6.42 Å². The predicted octanol–water partition coefficient (Wildman–Crippen LogP) is 1.56. The van der Waals surface area contributed by atoms with Crippen LogP contribution in [0.3, 0.4) is 0 Å². The molecule has 3 heteroatoms. The molecule has 0 aromatic heterocycles. The van der Waals surface area contributed by atoms with Crippen LogP contribution >= 0.6 is 0 Å². The first-order valence-corrected chi connectivity index (χ1v) is 7.07. The molecule has 2 aliphatic rings. The fourth-order valence-electron chi connectivity index (χ4n) is 3.53. The summed E-state index contributed by atoms with van der Waals surface area (Å²) in [5.74, 6) is 0.513. The van der Waals surface area contributed by atoms with Crippen LogP contribution in [0, 0.1) is 5.92 Å². The summed E-state index contributed by atoms with van der Waals surface area (Å²) in [5, 5.41) is 9.88. The molecule has 0 radical (unpaired) electrons. The third-order valence-electron chi connectivity index (χ3n) is 4.96. The molecule has 0 spiro atoms. The highest BCUT2D eigenvalue weighted by Gasteiger charge is 2.40. The molecule has 0 bridgehead atoms. The van der Waals surface area contributed by atoms with Gasteiger partial charge in [0, 0.05) is 18.6 Å². The minimum Gasteiger partial charge on any atom is -0.393 e. The fourth-order valence-corrected chi connectivity index (χ4v) is 3.53. The van der Waals surface area contributed by atoms with Crippen LogP contribution in [0.15, 0.2) is 0 Å². The molecule has 0 aromatic rings. The van der Waals surface area contributed by atoms with Gasteiger partial charge in [-0.15, -0.1) is 0 Å². The second kappa shape index (κ2) is 5.25. The molecule has 0 amide bonds. The molecule has 2 atom stereocenters. The fraction of sp³-hybridized carbons (Fsp3) is 1.00. The Kier molecular flexibility index (Phi) is 4.11. The maximum Gasteiger partial charge on any atom is 0.0580 e. The Labute approximate surface area is 106 Å². The van der Waals surface area contributed by atoms with Crippen molar-refractivity contribution in [3.8, 4) is 0 Å². The van der Waals surface area contributed by atoms with Crippen molar-refractivity contribution in [3.05, 3.63) is 0 Å². The summed E-state index contributed by atoms with van der Waals surface area (Å²) in [5.41, 5.74) is 0.415.